The van der Waals surface area contributed by atoms with Gasteiger partial charge in [0.25, 0.3) is 11.8 Å². The Morgan fingerprint density at radius 3 is 2.26 bits per heavy atom. The van der Waals surface area contributed by atoms with E-state index in [-0.39, 0.29) is 11.8 Å². The predicted octanol–water partition coefficient (Wildman–Crippen LogP) is 2.94. The molecule has 2 fully saturated rings. The van der Waals surface area contributed by atoms with Crippen molar-refractivity contribution in [1.29, 1.82) is 0 Å². The van der Waals surface area contributed by atoms with Crippen LogP contribution in [0.5, 0.6) is 0 Å². The quantitative estimate of drug-likeness (QED) is 0.806. The van der Waals surface area contributed by atoms with E-state index in [4.69, 9.17) is 0 Å². The average molecular weight is 312 g/mol. The van der Waals surface area contributed by atoms with Crippen molar-refractivity contribution in [2.45, 2.75) is 44.6 Å². The van der Waals surface area contributed by atoms with E-state index >= 15 is 0 Å². The van der Waals surface area contributed by atoms with Crippen LogP contribution in [0.3, 0.4) is 0 Å². The van der Waals surface area contributed by atoms with Gasteiger partial charge in [0.1, 0.15) is 0 Å². The number of benzene rings is 1. The van der Waals surface area contributed by atoms with Gasteiger partial charge < -0.3 is 0 Å². The second-order valence-corrected chi connectivity index (χ2v) is 7.10. The van der Waals surface area contributed by atoms with Gasteiger partial charge in [-0.2, -0.15) is 0 Å². The normalized spacial score (nSPS) is 27.9. The fourth-order valence-electron chi connectivity index (χ4n) is 4.68. The van der Waals surface area contributed by atoms with E-state index in [0.717, 1.165) is 19.0 Å². The van der Waals surface area contributed by atoms with Crippen LogP contribution in [0.25, 0.3) is 0 Å². The Morgan fingerprint density at radius 2 is 1.52 bits per heavy atom. The van der Waals surface area contributed by atoms with Gasteiger partial charge in [-0.3, -0.25) is 19.4 Å². The number of likely N-dealkylation sites (tertiary alicyclic amines) is 1. The number of piperidine rings is 1. The summed E-state index contributed by atoms with van der Waals surface area (Å²) in [4.78, 5) is 28.9. The number of rotatable bonds is 3. The molecule has 4 heteroatoms. The molecule has 4 nitrogen and oxygen atoms in total. The first-order valence-corrected chi connectivity index (χ1v) is 8.95. The van der Waals surface area contributed by atoms with Crippen molar-refractivity contribution >= 4 is 11.8 Å². The highest BCUT2D eigenvalue weighted by molar-refractivity contribution is 6.21. The molecule has 0 unspecified atom stereocenters. The molecule has 0 spiro atoms. The number of hydrogen-bond donors (Lipinski definition) is 0. The molecule has 1 aromatic rings. The maximum atomic E-state index is 12.4. The summed E-state index contributed by atoms with van der Waals surface area (Å²) in [5.74, 6) is 0.588. The van der Waals surface area contributed by atoms with Crippen molar-refractivity contribution in [1.82, 2.24) is 9.80 Å². The molecule has 4 rings (SSSR count). The number of imide groups is 1. The second-order valence-electron chi connectivity index (χ2n) is 7.10. The number of carbonyl (C=O) groups is 2. The van der Waals surface area contributed by atoms with E-state index in [9.17, 15) is 9.59 Å². The highest BCUT2D eigenvalue weighted by Crippen LogP contribution is 2.35. The zero-order valence-electron chi connectivity index (χ0n) is 13.5. The lowest BCUT2D eigenvalue weighted by Crippen LogP contribution is -2.49. The minimum Gasteiger partial charge on any atom is -0.298 e. The van der Waals surface area contributed by atoms with Gasteiger partial charge in [0.2, 0.25) is 0 Å². The monoisotopic (exact) mass is 312 g/mol. The van der Waals surface area contributed by atoms with Crippen molar-refractivity contribution in [2.75, 3.05) is 19.6 Å². The van der Waals surface area contributed by atoms with Crippen molar-refractivity contribution in [3.63, 3.8) is 0 Å². The Labute approximate surface area is 137 Å². The lowest BCUT2D eigenvalue weighted by Gasteiger charge is -2.44. The van der Waals surface area contributed by atoms with E-state index in [1.165, 1.54) is 43.4 Å². The van der Waals surface area contributed by atoms with Gasteiger partial charge >= 0.3 is 0 Å². The van der Waals surface area contributed by atoms with Crippen molar-refractivity contribution in [3.05, 3.63) is 35.4 Å². The molecule has 2 atom stereocenters. The fraction of sp³-hybridized carbons (Fsp3) is 0.579. The van der Waals surface area contributed by atoms with E-state index in [1.54, 1.807) is 12.1 Å². The summed E-state index contributed by atoms with van der Waals surface area (Å²) in [7, 11) is 0. The Balaban J connectivity index is 1.43. The molecule has 1 saturated heterocycles. The van der Waals surface area contributed by atoms with Gasteiger partial charge in [0.05, 0.1) is 11.1 Å². The third-order valence-electron chi connectivity index (χ3n) is 5.85. The van der Waals surface area contributed by atoms with Crippen LogP contribution in [-0.2, 0) is 0 Å². The molecule has 0 radical (unpaired) electrons. The molecule has 0 aromatic heterocycles. The average Bonchev–Trinajstić information content (AvgIpc) is 2.84. The molecule has 1 aromatic carbocycles. The van der Waals surface area contributed by atoms with Crippen molar-refractivity contribution < 1.29 is 9.59 Å². The van der Waals surface area contributed by atoms with Gasteiger partial charge in [-0.05, 0) is 50.3 Å². The molecule has 122 valence electrons. The van der Waals surface area contributed by atoms with Gasteiger partial charge in [0, 0.05) is 19.1 Å². The van der Waals surface area contributed by atoms with Gasteiger partial charge in [-0.1, -0.05) is 25.0 Å². The first-order chi connectivity index (χ1) is 11.3. The summed E-state index contributed by atoms with van der Waals surface area (Å²) < 4.78 is 0. The van der Waals surface area contributed by atoms with Crippen LogP contribution in [0.4, 0.5) is 0 Å². The molecular weight excluding hydrogens is 288 g/mol. The molecule has 1 saturated carbocycles. The lowest BCUT2D eigenvalue weighted by atomic mass is 9.78. The Kier molecular flexibility index (Phi) is 3.93. The molecule has 2 aliphatic heterocycles. The summed E-state index contributed by atoms with van der Waals surface area (Å²) in [6, 6.07) is 7.84. The molecule has 2 heterocycles. The third kappa shape index (κ3) is 2.59. The van der Waals surface area contributed by atoms with Gasteiger partial charge in [0.15, 0.2) is 0 Å². The summed E-state index contributed by atoms with van der Waals surface area (Å²) in [5, 5.41) is 0. The molecular formula is C19H24N2O2. The van der Waals surface area contributed by atoms with Crippen LogP contribution < -0.4 is 0 Å². The highest BCUT2D eigenvalue weighted by atomic mass is 16.2. The smallest absolute Gasteiger partial charge is 0.261 e. The zero-order valence-corrected chi connectivity index (χ0v) is 13.5. The summed E-state index contributed by atoms with van der Waals surface area (Å²) >= 11 is 0. The van der Waals surface area contributed by atoms with E-state index in [2.05, 4.69) is 4.90 Å². The topological polar surface area (TPSA) is 40.6 Å². The Morgan fingerprint density at radius 1 is 0.870 bits per heavy atom. The second kappa shape index (κ2) is 6.08. The minimum atomic E-state index is -0.122. The standard InChI is InChI=1S/C19H24N2O2/c22-18-15-8-2-3-9-16(15)19(23)21(18)13-12-20-11-5-7-14-6-1-4-10-17(14)20/h2-3,8-9,14,17H,1,4-7,10-13H2/t14-,17+/m1/s1. The van der Waals surface area contributed by atoms with Gasteiger partial charge in [-0.15, -0.1) is 0 Å². The first kappa shape index (κ1) is 14.9. The molecule has 3 aliphatic rings. The highest BCUT2D eigenvalue weighted by Gasteiger charge is 2.37. The van der Waals surface area contributed by atoms with E-state index in [0.29, 0.717) is 23.7 Å². The fourth-order valence-corrected chi connectivity index (χ4v) is 4.68. The van der Waals surface area contributed by atoms with Crippen LogP contribution in [0.15, 0.2) is 24.3 Å². The number of fused-ring (bicyclic) bond motifs is 2. The number of amides is 2. The Hall–Kier alpha value is -1.68. The minimum absolute atomic E-state index is 0.122. The number of nitrogens with zero attached hydrogens (tertiary/aromatic N) is 2. The molecule has 0 N–H and O–H groups in total. The van der Waals surface area contributed by atoms with Crippen molar-refractivity contribution in [2.24, 2.45) is 5.92 Å². The van der Waals surface area contributed by atoms with Crippen LogP contribution in [0, 0.1) is 5.92 Å². The molecule has 2 amide bonds. The van der Waals surface area contributed by atoms with Crippen LogP contribution in [0.1, 0.15) is 59.2 Å². The summed E-state index contributed by atoms with van der Waals surface area (Å²) in [6.45, 7) is 2.46. The van der Waals surface area contributed by atoms with E-state index in [1.807, 2.05) is 12.1 Å². The van der Waals surface area contributed by atoms with Crippen LogP contribution in [0.2, 0.25) is 0 Å². The largest absolute Gasteiger partial charge is 0.298 e. The molecule has 1 aliphatic carbocycles. The van der Waals surface area contributed by atoms with Crippen molar-refractivity contribution in [3.8, 4) is 0 Å². The van der Waals surface area contributed by atoms with Gasteiger partial charge in [-0.25, -0.2) is 0 Å². The van der Waals surface area contributed by atoms with Crippen LogP contribution >= 0.6 is 0 Å². The number of hydrogen-bond acceptors (Lipinski definition) is 3. The zero-order chi connectivity index (χ0) is 15.8. The number of carbonyl (C=O) groups excluding carboxylic acids is 2. The third-order valence-corrected chi connectivity index (χ3v) is 5.85. The SMILES string of the molecule is O=C1c2ccccc2C(=O)N1CCN1CCC[C@H]2CCCC[C@@H]21. The van der Waals surface area contributed by atoms with Crippen LogP contribution in [-0.4, -0.2) is 47.3 Å². The first-order valence-electron chi connectivity index (χ1n) is 8.95. The summed E-state index contributed by atoms with van der Waals surface area (Å²) in [6.07, 6.45) is 7.94. The summed E-state index contributed by atoms with van der Waals surface area (Å²) in [5.41, 5.74) is 1.12. The predicted molar refractivity (Wildman–Crippen MR) is 88.4 cm³/mol. The Bertz CT molecular complexity index is 591. The molecule has 0 bridgehead atoms. The maximum absolute atomic E-state index is 12.4. The lowest BCUT2D eigenvalue weighted by molar-refractivity contribution is 0.0451. The maximum Gasteiger partial charge on any atom is 0.261 e. The van der Waals surface area contributed by atoms with E-state index < -0.39 is 0 Å². The molecule has 23 heavy (non-hydrogen) atoms.